The van der Waals surface area contributed by atoms with Crippen molar-refractivity contribution in [1.29, 1.82) is 0 Å². The van der Waals surface area contributed by atoms with Gasteiger partial charge in [0.05, 0.1) is 11.2 Å². The number of nitrogens with one attached hydrogen (secondary N) is 1. The average molecular weight is 255 g/mol. The maximum absolute atomic E-state index is 11.3. The number of furan rings is 1. The molecule has 0 radical (unpaired) electrons. The van der Waals surface area contributed by atoms with Gasteiger partial charge in [0, 0.05) is 5.39 Å². The Kier molecular flexibility index (Phi) is 8.36. The van der Waals surface area contributed by atoms with Crippen LogP contribution in [-0.4, -0.2) is 11.3 Å². The van der Waals surface area contributed by atoms with E-state index in [-0.39, 0.29) is 0 Å². The summed E-state index contributed by atoms with van der Waals surface area (Å²) in [6.07, 6.45) is 1.62. The fraction of sp³-hybridized carbons (Fsp3) is 0.385. The summed E-state index contributed by atoms with van der Waals surface area (Å²) in [5, 5.41) is 1.02. The first-order valence-electron chi connectivity index (χ1n) is 5.87. The van der Waals surface area contributed by atoms with E-state index in [4.69, 9.17) is 4.42 Å². The van der Waals surface area contributed by atoms with E-state index < -0.39 is 11.0 Å². The predicted octanol–water partition coefficient (Wildman–Crippen LogP) is 3.73. The molecule has 2 aromatic rings. The molecule has 0 aliphatic carbocycles. The van der Waals surface area contributed by atoms with Crippen LogP contribution in [0.4, 0.5) is 0 Å². The van der Waals surface area contributed by atoms with Gasteiger partial charge in [-0.25, -0.2) is 8.93 Å². The third-order valence-electron chi connectivity index (χ3n) is 1.83. The quantitative estimate of drug-likeness (QED) is 0.888. The maximum Gasteiger partial charge on any atom is 0.135 e. The number of fused-ring (bicyclic) bond motifs is 1. The van der Waals surface area contributed by atoms with Gasteiger partial charge in [-0.05, 0) is 31.3 Å². The molecule has 17 heavy (non-hydrogen) atoms. The minimum Gasteiger partial charge on any atom is -0.464 e. The van der Waals surface area contributed by atoms with Crippen LogP contribution in [0.5, 0.6) is 0 Å². The van der Waals surface area contributed by atoms with Gasteiger partial charge in [0.1, 0.15) is 16.6 Å². The lowest BCUT2D eigenvalue weighted by molar-refractivity contribution is 0.614. The van der Waals surface area contributed by atoms with Crippen LogP contribution in [0.3, 0.4) is 0 Å². The van der Waals surface area contributed by atoms with Crippen molar-refractivity contribution in [2.24, 2.45) is 0 Å². The predicted molar refractivity (Wildman–Crippen MR) is 74.4 cm³/mol. The molecule has 1 heterocycles. The first kappa shape index (κ1) is 15.9. The number of hydrogen-bond acceptors (Lipinski definition) is 2. The van der Waals surface area contributed by atoms with E-state index in [1.807, 2.05) is 45.9 Å². The van der Waals surface area contributed by atoms with Crippen LogP contribution in [0.1, 0.15) is 27.7 Å². The molecule has 96 valence electrons. The molecule has 0 saturated carbocycles. The Morgan fingerprint density at radius 2 is 1.76 bits per heavy atom. The lowest BCUT2D eigenvalue weighted by atomic mass is 10.3. The Morgan fingerprint density at radius 3 is 2.35 bits per heavy atom. The standard InChI is InChI=1S/C9H9NO2S.2C2H6/c1-10-13(11)8-3-2-7-4-5-12-9(7)6-8;2*1-2/h2-6,10H,1H3;2*1-2H3. The molecule has 1 aromatic heterocycles. The van der Waals surface area contributed by atoms with Crippen molar-refractivity contribution in [3.05, 3.63) is 30.5 Å². The summed E-state index contributed by atoms with van der Waals surface area (Å²) in [5.41, 5.74) is 0.765. The van der Waals surface area contributed by atoms with E-state index in [0.29, 0.717) is 0 Å². The van der Waals surface area contributed by atoms with Crippen molar-refractivity contribution in [3.8, 4) is 0 Å². The molecule has 0 aliphatic rings. The Bertz CT molecular complexity index is 451. The van der Waals surface area contributed by atoms with Gasteiger partial charge in [-0.1, -0.05) is 27.7 Å². The number of hydrogen-bond donors (Lipinski definition) is 1. The zero-order valence-electron chi connectivity index (χ0n) is 11.1. The Balaban J connectivity index is 0.000000581. The van der Waals surface area contributed by atoms with Gasteiger partial charge in [-0.15, -0.1) is 0 Å². The van der Waals surface area contributed by atoms with Gasteiger partial charge in [0.25, 0.3) is 0 Å². The van der Waals surface area contributed by atoms with E-state index in [2.05, 4.69) is 4.72 Å². The highest BCUT2D eigenvalue weighted by Crippen LogP contribution is 2.18. The third-order valence-corrected chi connectivity index (χ3v) is 2.88. The lowest BCUT2D eigenvalue weighted by Crippen LogP contribution is -2.09. The van der Waals surface area contributed by atoms with Crippen molar-refractivity contribution in [2.75, 3.05) is 7.05 Å². The van der Waals surface area contributed by atoms with Gasteiger partial charge < -0.3 is 4.42 Å². The molecule has 0 fully saturated rings. The molecule has 0 spiro atoms. The molecule has 1 aromatic carbocycles. The van der Waals surface area contributed by atoms with Crippen LogP contribution in [0.2, 0.25) is 0 Å². The topological polar surface area (TPSA) is 42.2 Å². The molecule has 1 N–H and O–H groups in total. The summed E-state index contributed by atoms with van der Waals surface area (Å²) in [6.45, 7) is 8.00. The third kappa shape index (κ3) is 4.32. The van der Waals surface area contributed by atoms with Gasteiger partial charge in [0.15, 0.2) is 0 Å². The molecule has 3 nitrogen and oxygen atoms in total. The summed E-state index contributed by atoms with van der Waals surface area (Å²) >= 11 is 0. The zero-order valence-corrected chi connectivity index (χ0v) is 11.9. The van der Waals surface area contributed by atoms with E-state index in [0.717, 1.165) is 15.9 Å². The molecular formula is C13H21NO2S. The molecule has 0 aliphatic heterocycles. The first-order chi connectivity index (χ1) is 8.31. The van der Waals surface area contributed by atoms with E-state index in [1.54, 1.807) is 19.4 Å². The first-order valence-corrected chi connectivity index (χ1v) is 7.02. The highest BCUT2D eigenvalue weighted by molar-refractivity contribution is 7.83. The second-order valence-corrected chi connectivity index (χ2v) is 4.01. The summed E-state index contributed by atoms with van der Waals surface area (Å²) in [7, 11) is 0.515. The average Bonchev–Trinajstić information content (AvgIpc) is 2.89. The van der Waals surface area contributed by atoms with E-state index in [9.17, 15) is 4.21 Å². The SMILES string of the molecule is CC.CC.CNS(=O)c1ccc2ccoc2c1. The van der Waals surface area contributed by atoms with Gasteiger partial charge >= 0.3 is 0 Å². The molecule has 0 amide bonds. The van der Waals surface area contributed by atoms with Crippen molar-refractivity contribution in [1.82, 2.24) is 4.72 Å². The van der Waals surface area contributed by atoms with Crippen molar-refractivity contribution < 1.29 is 8.63 Å². The van der Waals surface area contributed by atoms with Crippen LogP contribution in [0.25, 0.3) is 11.0 Å². The molecule has 2 rings (SSSR count). The van der Waals surface area contributed by atoms with Gasteiger partial charge in [0.2, 0.25) is 0 Å². The smallest absolute Gasteiger partial charge is 0.135 e. The molecule has 1 atom stereocenters. The Labute approximate surface area is 106 Å². The fourth-order valence-electron chi connectivity index (χ4n) is 1.17. The normalized spacial score (nSPS) is 10.9. The van der Waals surface area contributed by atoms with E-state index >= 15 is 0 Å². The van der Waals surface area contributed by atoms with Crippen LogP contribution < -0.4 is 4.72 Å². The molecule has 1 unspecified atom stereocenters. The monoisotopic (exact) mass is 255 g/mol. The van der Waals surface area contributed by atoms with Crippen LogP contribution in [0, 0.1) is 0 Å². The largest absolute Gasteiger partial charge is 0.464 e. The minimum absolute atomic E-state index is 0.727. The number of benzene rings is 1. The maximum atomic E-state index is 11.3. The van der Waals surface area contributed by atoms with Gasteiger partial charge in [-0.3, -0.25) is 0 Å². The lowest BCUT2D eigenvalue weighted by Gasteiger charge is -1.98. The van der Waals surface area contributed by atoms with Crippen molar-refractivity contribution in [3.63, 3.8) is 0 Å². The minimum atomic E-state index is -1.14. The van der Waals surface area contributed by atoms with Crippen LogP contribution in [0.15, 0.2) is 39.8 Å². The van der Waals surface area contributed by atoms with E-state index in [1.165, 1.54) is 0 Å². The van der Waals surface area contributed by atoms with Crippen LogP contribution in [-0.2, 0) is 11.0 Å². The molecule has 0 bridgehead atoms. The highest BCUT2D eigenvalue weighted by Gasteiger charge is 2.03. The molecule has 4 heteroatoms. The number of rotatable bonds is 2. The molecule has 0 saturated heterocycles. The van der Waals surface area contributed by atoms with Crippen LogP contribution >= 0.6 is 0 Å². The Morgan fingerprint density at radius 1 is 1.12 bits per heavy atom. The summed E-state index contributed by atoms with van der Waals surface area (Å²) in [6, 6.07) is 7.37. The molecular weight excluding hydrogens is 234 g/mol. The zero-order chi connectivity index (χ0) is 13.3. The Hall–Kier alpha value is -1.13. The van der Waals surface area contributed by atoms with Crippen molar-refractivity contribution >= 4 is 22.0 Å². The summed E-state index contributed by atoms with van der Waals surface area (Å²) in [5.74, 6) is 0. The second-order valence-electron chi connectivity index (χ2n) is 2.59. The second kappa shape index (κ2) is 8.96. The van der Waals surface area contributed by atoms with Gasteiger partial charge in [-0.2, -0.15) is 0 Å². The highest BCUT2D eigenvalue weighted by atomic mass is 32.2. The summed E-state index contributed by atoms with van der Waals surface area (Å²) < 4.78 is 19.2. The fourth-order valence-corrected chi connectivity index (χ4v) is 1.81. The van der Waals surface area contributed by atoms with Crippen molar-refractivity contribution in [2.45, 2.75) is 32.6 Å². The summed E-state index contributed by atoms with van der Waals surface area (Å²) in [4.78, 5) is 0.727.